The Hall–Kier alpha value is -1.53. The molecule has 0 atom stereocenters. The Morgan fingerprint density at radius 1 is 1.20 bits per heavy atom. The van der Waals surface area contributed by atoms with Crippen molar-refractivity contribution in [1.82, 2.24) is 0 Å². The molecule has 0 saturated carbocycles. The molecule has 80 valence electrons. The van der Waals surface area contributed by atoms with Crippen LogP contribution < -0.4 is 10.6 Å². The smallest absolute Gasteiger partial charge is 0.0640 e. The van der Waals surface area contributed by atoms with Crippen LogP contribution >= 0.6 is 0 Å². The average molecular weight is 203 g/mol. The van der Waals surface area contributed by atoms with Gasteiger partial charge in [0.25, 0.3) is 0 Å². The molecule has 0 radical (unpaired) electrons. The summed E-state index contributed by atoms with van der Waals surface area (Å²) in [4.78, 5) is 2.20. The number of para-hydroxylation sites is 1. The molecular formula is C12H17N3. The highest BCUT2D eigenvalue weighted by atomic mass is 15.1. The minimum atomic E-state index is 0.555. The number of benzene rings is 1. The van der Waals surface area contributed by atoms with Crippen LogP contribution in [0.5, 0.6) is 0 Å². The molecule has 0 saturated heterocycles. The molecule has 1 aromatic carbocycles. The Balaban J connectivity index is 2.59. The number of hydrogen-bond donors (Lipinski definition) is 1. The third-order valence-corrected chi connectivity index (χ3v) is 2.25. The maximum atomic E-state index is 8.59. The van der Waals surface area contributed by atoms with E-state index in [1.54, 1.807) is 0 Å². The largest absolute Gasteiger partial charge is 0.370 e. The van der Waals surface area contributed by atoms with Crippen molar-refractivity contribution in [3.8, 4) is 6.07 Å². The standard InChI is InChI=1S/C12H17N3/c13-8-4-10-15(11-5-9-14)12-6-2-1-3-7-12/h1-3,6-7H,4-5,8,10-11,13H2. The third-order valence-electron chi connectivity index (χ3n) is 2.25. The summed E-state index contributed by atoms with van der Waals surface area (Å²) >= 11 is 0. The second-order valence-corrected chi connectivity index (χ2v) is 3.37. The zero-order valence-corrected chi connectivity index (χ0v) is 8.89. The van der Waals surface area contributed by atoms with Gasteiger partial charge in [-0.3, -0.25) is 0 Å². The first-order valence-electron chi connectivity index (χ1n) is 5.25. The number of nitrogens with two attached hydrogens (primary N) is 1. The molecule has 0 fully saturated rings. The van der Waals surface area contributed by atoms with Gasteiger partial charge in [0, 0.05) is 18.8 Å². The fraction of sp³-hybridized carbons (Fsp3) is 0.417. The van der Waals surface area contributed by atoms with Crippen LogP contribution in [-0.2, 0) is 0 Å². The summed E-state index contributed by atoms with van der Waals surface area (Å²) in [6.45, 7) is 2.39. The lowest BCUT2D eigenvalue weighted by molar-refractivity contribution is 0.737. The van der Waals surface area contributed by atoms with Crippen LogP contribution in [0.25, 0.3) is 0 Å². The second-order valence-electron chi connectivity index (χ2n) is 3.37. The van der Waals surface area contributed by atoms with Crippen LogP contribution in [0.2, 0.25) is 0 Å². The maximum absolute atomic E-state index is 8.59. The normalized spacial score (nSPS) is 9.60. The SMILES string of the molecule is N#CCCN(CCCN)c1ccccc1. The Kier molecular flexibility index (Phi) is 5.28. The molecule has 0 aliphatic rings. The molecule has 3 heteroatoms. The van der Waals surface area contributed by atoms with Crippen LogP contribution in [0.15, 0.2) is 30.3 Å². The van der Waals surface area contributed by atoms with Gasteiger partial charge in [0.1, 0.15) is 0 Å². The summed E-state index contributed by atoms with van der Waals surface area (Å²) in [5.74, 6) is 0. The van der Waals surface area contributed by atoms with Crippen molar-refractivity contribution >= 4 is 5.69 Å². The highest BCUT2D eigenvalue weighted by Crippen LogP contribution is 2.13. The molecule has 0 bridgehead atoms. The van der Waals surface area contributed by atoms with Gasteiger partial charge in [0.2, 0.25) is 0 Å². The molecule has 0 aromatic heterocycles. The van der Waals surface area contributed by atoms with Crippen molar-refractivity contribution in [3.63, 3.8) is 0 Å². The fourth-order valence-corrected chi connectivity index (χ4v) is 1.48. The highest BCUT2D eigenvalue weighted by molar-refractivity contribution is 5.45. The molecule has 15 heavy (non-hydrogen) atoms. The van der Waals surface area contributed by atoms with E-state index in [4.69, 9.17) is 11.0 Å². The van der Waals surface area contributed by atoms with Gasteiger partial charge in [0.15, 0.2) is 0 Å². The second kappa shape index (κ2) is 6.86. The van der Waals surface area contributed by atoms with E-state index in [1.807, 2.05) is 18.2 Å². The number of nitriles is 1. The van der Waals surface area contributed by atoms with Gasteiger partial charge in [-0.05, 0) is 25.1 Å². The molecule has 0 aliphatic carbocycles. The minimum absolute atomic E-state index is 0.555. The van der Waals surface area contributed by atoms with E-state index < -0.39 is 0 Å². The monoisotopic (exact) mass is 203 g/mol. The Morgan fingerprint density at radius 2 is 1.93 bits per heavy atom. The molecular weight excluding hydrogens is 186 g/mol. The summed E-state index contributed by atoms with van der Waals surface area (Å²) in [7, 11) is 0. The third kappa shape index (κ3) is 4.01. The Morgan fingerprint density at radius 3 is 2.53 bits per heavy atom. The molecule has 1 aromatic rings. The van der Waals surface area contributed by atoms with Crippen LogP contribution in [0.4, 0.5) is 5.69 Å². The van der Waals surface area contributed by atoms with E-state index in [2.05, 4.69) is 23.1 Å². The molecule has 3 nitrogen and oxygen atoms in total. The fourth-order valence-electron chi connectivity index (χ4n) is 1.48. The minimum Gasteiger partial charge on any atom is -0.370 e. The number of anilines is 1. The molecule has 2 N–H and O–H groups in total. The van der Waals surface area contributed by atoms with Crippen molar-refractivity contribution in [1.29, 1.82) is 5.26 Å². The van der Waals surface area contributed by atoms with Crippen molar-refractivity contribution in [2.24, 2.45) is 5.73 Å². The first-order chi connectivity index (χ1) is 7.38. The first kappa shape index (κ1) is 11.5. The van der Waals surface area contributed by atoms with Crippen LogP contribution in [0.3, 0.4) is 0 Å². The van der Waals surface area contributed by atoms with Gasteiger partial charge < -0.3 is 10.6 Å². The number of hydrogen-bond acceptors (Lipinski definition) is 3. The summed E-state index contributed by atoms with van der Waals surface area (Å²) in [5, 5.41) is 8.59. The van der Waals surface area contributed by atoms with Crippen LogP contribution in [-0.4, -0.2) is 19.6 Å². The van der Waals surface area contributed by atoms with Gasteiger partial charge in [0.05, 0.1) is 12.5 Å². The first-order valence-corrected chi connectivity index (χ1v) is 5.25. The van der Waals surface area contributed by atoms with Crippen molar-refractivity contribution in [2.75, 3.05) is 24.5 Å². The molecule has 0 amide bonds. The topological polar surface area (TPSA) is 53.0 Å². The van der Waals surface area contributed by atoms with Gasteiger partial charge in [-0.1, -0.05) is 18.2 Å². The van der Waals surface area contributed by atoms with E-state index in [0.717, 1.165) is 19.5 Å². The summed E-state index contributed by atoms with van der Waals surface area (Å²) < 4.78 is 0. The van der Waals surface area contributed by atoms with Crippen LogP contribution in [0.1, 0.15) is 12.8 Å². The summed E-state index contributed by atoms with van der Waals surface area (Å²) in [6, 6.07) is 12.3. The van der Waals surface area contributed by atoms with Gasteiger partial charge in [-0.2, -0.15) is 5.26 Å². The molecule has 0 heterocycles. The van der Waals surface area contributed by atoms with Gasteiger partial charge in [-0.25, -0.2) is 0 Å². The summed E-state index contributed by atoms with van der Waals surface area (Å²) in [5.41, 5.74) is 6.66. The Labute approximate surface area is 91.1 Å². The van der Waals surface area contributed by atoms with Crippen molar-refractivity contribution < 1.29 is 0 Å². The van der Waals surface area contributed by atoms with Crippen molar-refractivity contribution in [3.05, 3.63) is 30.3 Å². The zero-order valence-electron chi connectivity index (χ0n) is 8.89. The lowest BCUT2D eigenvalue weighted by atomic mass is 10.2. The predicted molar refractivity (Wildman–Crippen MR) is 62.6 cm³/mol. The summed E-state index contributed by atoms with van der Waals surface area (Å²) in [6.07, 6.45) is 1.51. The average Bonchev–Trinajstić information content (AvgIpc) is 2.30. The zero-order chi connectivity index (χ0) is 10.9. The van der Waals surface area contributed by atoms with E-state index in [-0.39, 0.29) is 0 Å². The van der Waals surface area contributed by atoms with Gasteiger partial charge in [-0.15, -0.1) is 0 Å². The van der Waals surface area contributed by atoms with E-state index in [9.17, 15) is 0 Å². The van der Waals surface area contributed by atoms with Gasteiger partial charge >= 0.3 is 0 Å². The highest BCUT2D eigenvalue weighted by Gasteiger charge is 2.04. The molecule has 1 rings (SSSR count). The quantitative estimate of drug-likeness (QED) is 0.766. The Bertz CT molecular complexity index is 302. The van der Waals surface area contributed by atoms with Crippen LogP contribution in [0, 0.1) is 11.3 Å². The number of nitrogens with zero attached hydrogens (tertiary/aromatic N) is 2. The molecule has 0 spiro atoms. The maximum Gasteiger partial charge on any atom is 0.0640 e. The van der Waals surface area contributed by atoms with E-state index in [1.165, 1.54) is 5.69 Å². The molecule has 0 aliphatic heterocycles. The van der Waals surface area contributed by atoms with Crippen molar-refractivity contribution in [2.45, 2.75) is 12.8 Å². The number of rotatable bonds is 6. The van der Waals surface area contributed by atoms with E-state index >= 15 is 0 Å². The van der Waals surface area contributed by atoms with E-state index in [0.29, 0.717) is 13.0 Å². The lowest BCUT2D eigenvalue weighted by Gasteiger charge is -2.23. The lowest BCUT2D eigenvalue weighted by Crippen LogP contribution is -2.26. The molecule has 0 unspecified atom stereocenters. The predicted octanol–water partition coefficient (Wildman–Crippen LogP) is 1.76.